The summed E-state index contributed by atoms with van der Waals surface area (Å²) in [6, 6.07) is 0.402. The number of imidazole rings is 1. The number of amides is 1. The average molecular weight is 534 g/mol. The number of halogens is 5. The zero-order valence-electron chi connectivity index (χ0n) is 20.7. The predicted octanol–water partition coefficient (Wildman–Crippen LogP) is 4.11. The Morgan fingerprint density at radius 1 is 1.30 bits per heavy atom. The number of nitrogens with two attached hydrogens (primary N) is 1. The number of aromatic nitrogens is 3. The molecule has 4 rings (SSSR count). The third kappa shape index (κ3) is 6.55. The number of carbonyl (C=O) groups excluding carboxylic acids is 1. The molecule has 2 aromatic rings. The molecule has 1 saturated carbocycles. The first kappa shape index (κ1) is 27.6. The van der Waals surface area contributed by atoms with Crippen molar-refractivity contribution in [1.29, 1.82) is 0 Å². The molecule has 13 heteroatoms. The van der Waals surface area contributed by atoms with E-state index in [9.17, 15) is 26.7 Å². The number of carbonyl (C=O) groups is 1. The van der Waals surface area contributed by atoms with Crippen LogP contribution in [0.1, 0.15) is 69.3 Å². The zero-order valence-corrected chi connectivity index (χ0v) is 20.7. The van der Waals surface area contributed by atoms with Gasteiger partial charge in [0.2, 0.25) is 11.8 Å². The Labute approximate surface area is 211 Å². The van der Waals surface area contributed by atoms with E-state index in [0.29, 0.717) is 43.0 Å². The SMILES string of the molecule is CC(C)(OC[C@H](N)c1cn2ncc(C(NC(=O)CC3CC(F)(F)C3)C3CCOCC3)cc2n1)C(F)(F)F. The van der Waals surface area contributed by atoms with Gasteiger partial charge in [0.15, 0.2) is 11.2 Å². The summed E-state index contributed by atoms with van der Waals surface area (Å²) < 4.78 is 77.5. The second kappa shape index (κ2) is 10.4. The van der Waals surface area contributed by atoms with E-state index >= 15 is 0 Å². The van der Waals surface area contributed by atoms with Crippen molar-refractivity contribution in [2.75, 3.05) is 19.8 Å². The Kier molecular flexibility index (Phi) is 7.78. The molecule has 3 heterocycles. The Bertz CT molecular complexity index is 1090. The molecule has 1 amide bonds. The van der Waals surface area contributed by atoms with E-state index < -0.39 is 36.4 Å². The molecular weight excluding hydrogens is 501 g/mol. The zero-order chi connectivity index (χ0) is 27.0. The molecule has 1 aliphatic carbocycles. The number of fused-ring (bicyclic) bond motifs is 1. The summed E-state index contributed by atoms with van der Waals surface area (Å²) in [5, 5.41) is 7.37. The van der Waals surface area contributed by atoms with Gasteiger partial charge >= 0.3 is 6.18 Å². The van der Waals surface area contributed by atoms with E-state index in [-0.39, 0.29) is 37.0 Å². The van der Waals surface area contributed by atoms with Crippen molar-refractivity contribution in [3.05, 3.63) is 29.7 Å². The van der Waals surface area contributed by atoms with Crippen molar-refractivity contribution in [3.63, 3.8) is 0 Å². The Morgan fingerprint density at radius 2 is 1.97 bits per heavy atom. The first-order chi connectivity index (χ1) is 17.2. The highest BCUT2D eigenvalue weighted by Gasteiger charge is 2.49. The summed E-state index contributed by atoms with van der Waals surface area (Å²) in [6.45, 7) is 2.54. The number of hydrogen-bond acceptors (Lipinski definition) is 6. The third-order valence-corrected chi connectivity index (χ3v) is 7.11. The fourth-order valence-corrected chi connectivity index (χ4v) is 4.67. The van der Waals surface area contributed by atoms with Crippen LogP contribution >= 0.6 is 0 Å². The molecule has 2 aliphatic rings. The van der Waals surface area contributed by atoms with Gasteiger partial charge in [0, 0.05) is 32.5 Å². The highest BCUT2D eigenvalue weighted by atomic mass is 19.4. The fraction of sp³-hybridized carbons (Fsp3) is 0.708. The van der Waals surface area contributed by atoms with Crippen LogP contribution in [0.4, 0.5) is 22.0 Å². The highest BCUT2D eigenvalue weighted by molar-refractivity contribution is 5.77. The summed E-state index contributed by atoms with van der Waals surface area (Å²) in [4.78, 5) is 17.1. The Balaban J connectivity index is 1.48. The minimum absolute atomic E-state index is 0.0294. The van der Waals surface area contributed by atoms with Crippen molar-refractivity contribution >= 4 is 11.6 Å². The molecule has 2 fully saturated rings. The molecule has 0 aromatic carbocycles. The van der Waals surface area contributed by atoms with Gasteiger partial charge in [0.1, 0.15) is 0 Å². The third-order valence-electron chi connectivity index (χ3n) is 7.11. The van der Waals surface area contributed by atoms with E-state index in [1.807, 2.05) is 0 Å². The number of ether oxygens (including phenoxy) is 2. The number of alkyl halides is 5. The molecule has 0 bridgehead atoms. The van der Waals surface area contributed by atoms with Crippen LogP contribution in [0, 0.1) is 11.8 Å². The van der Waals surface area contributed by atoms with Gasteiger partial charge in [-0.05, 0) is 50.2 Å². The summed E-state index contributed by atoms with van der Waals surface area (Å²) in [5.74, 6) is -3.27. The molecular formula is C24H32F5N5O3. The van der Waals surface area contributed by atoms with Gasteiger partial charge in [-0.1, -0.05) is 0 Å². The van der Waals surface area contributed by atoms with Gasteiger partial charge in [-0.3, -0.25) is 4.79 Å². The normalized spacial score (nSPS) is 21.0. The van der Waals surface area contributed by atoms with Crippen LogP contribution < -0.4 is 11.1 Å². The molecule has 0 radical (unpaired) electrons. The first-order valence-electron chi connectivity index (χ1n) is 12.3. The van der Waals surface area contributed by atoms with Crippen LogP contribution in [-0.4, -0.2) is 58.0 Å². The maximum Gasteiger partial charge on any atom is 0.416 e. The first-order valence-corrected chi connectivity index (χ1v) is 12.3. The maximum atomic E-state index is 13.2. The van der Waals surface area contributed by atoms with Crippen molar-refractivity contribution < 1.29 is 36.2 Å². The number of hydrogen-bond donors (Lipinski definition) is 2. The smallest absolute Gasteiger partial charge is 0.381 e. The molecule has 2 aromatic heterocycles. The molecule has 37 heavy (non-hydrogen) atoms. The molecule has 1 aliphatic heterocycles. The number of rotatable bonds is 9. The van der Waals surface area contributed by atoms with Gasteiger partial charge in [-0.25, -0.2) is 18.3 Å². The lowest BCUT2D eigenvalue weighted by molar-refractivity contribution is -0.264. The summed E-state index contributed by atoms with van der Waals surface area (Å²) in [5.41, 5.74) is 5.09. The molecule has 206 valence electrons. The maximum absolute atomic E-state index is 13.2. The number of nitrogens with zero attached hydrogens (tertiary/aromatic N) is 3. The van der Waals surface area contributed by atoms with E-state index in [1.165, 1.54) is 10.7 Å². The van der Waals surface area contributed by atoms with Crippen LogP contribution in [-0.2, 0) is 14.3 Å². The van der Waals surface area contributed by atoms with Crippen LogP contribution in [0.5, 0.6) is 0 Å². The van der Waals surface area contributed by atoms with Gasteiger partial charge < -0.3 is 20.5 Å². The molecule has 1 unspecified atom stereocenters. The van der Waals surface area contributed by atoms with Gasteiger partial charge in [0.05, 0.1) is 36.8 Å². The van der Waals surface area contributed by atoms with Crippen molar-refractivity contribution in [1.82, 2.24) is 19.9 Å². The average Bonchev–Trinajstić information content (AvgIpc) is 3.23. The summed E-state index contributed by atoms with van der Waals surface area (Å²) in [6.07, 6.45) is -0.568. The van der Waals surface area contributed by atoms with Crippen molar-refractivity contribution in [2.24, 2.45) is 17.6 Å². The minimum Gasteiger partial charge on any atom is -0.381 e. The van der Waals surface area contributed by atoms with Crippen LogP contribution in [0.15, 0.2) is 18.5 Å². The Hall–Kier alpha value is -2.38. The van der Waals surface area contributed by atoms with Crippen LogP contribution in [0.3, 0.4) is 0 Å². The fourth-order valence-electron chi connectivity index (χ4n) is 4.67. The van der Waals surface area contributed by atoms with Crippen molar-refractivity contribution in [2.45, 2.75) is 75.7 Å². The van der Waals surface area contributed by atoms with E-state index in [1.54, 1.807) is 12.3 Å². The lowest BCUT2D eigenvalue weighted by Crippen LogP contribution is -2.43. The quantitative estimate of drug-likeness (QED) is 0.471. The summed E-state index contributed by atoms with van der Waals surface area (Å²) in [7, 11) is 0. The number of nitrogens with one attached hydrogen (secondary N) is 1. The minimum atomic E-state index is -4.55. The molecule has 8 nitrogen and oxygen atoms in total. The second-order valence-electron chi connectivity index (χ2n) is 10.5. The van der Waals surface area contributed by atoms with Gasteiger partial charge in [-0.15, -0.1) is 0 Å². The molecule has 2 atom stereocenters. The second-order valence-corrected chi connectivity index (χ2v) is 10.5. The highest BCUT2D eigenvalue weighted by Crippen LogP contribution is 2.44. The van der Waals surface area contributed by atoms with E-state index in [2.05, 4.69) is 15.4 Å². The molecule has 3 N–H and O–H groups in total. The molecule has 1 saturated heterocycles. The topological polar surface area (TPSA) is 104 Å². The van der Waals surface area contributed by atoms with E-state index in [4.69, 9.17) is 15.2 Å². The monoisotopic (exact) mass is 533 g/mol. The Morgan fingerprint density at radius 3 is 2.59 bits per heavy atom. The van der Waals surface area contributed by atoms with Crippen LogP contribution in [0.2, 0.25) is 0 Å². The standard InChI is InChI=1S/C24H32F5N5O3/c1-22(2,24(27,28)29)37-13-17(30)18-12-34-19(32-18)8-16(11-31-34)21(15-3-5-36-6-4-15)33-20(35)7-14-9-23(25,26)10-14/h8,11-12,14-15,17,21H,3-7,9-10,13,30H2,1-2H3,(H,33,35)/t17-,21?/m0/s1. The van der Waals surface area contributed by atoms with Gasteiger partial charge in [-0.2, -0.15) is 18.3 Å². The molecule has 0 spiro atoms. The van der Waals surface area contributed by atoms with Gasteiger partial charge in [0.25, 0.3) is 0 Å². The summed E-state index contributed by atoms with van der Waals surface area (Å²) >= 11 is 0. The van der Waals surface area contributed by atoms with Crippen LogP contribution in [0.25, 0.3) is 5.65 Å². The van der Waals surface area contributed by atoms with E-state index in [0.717, 1.165) is 13.8 Å². The largest absolute Gasteiger partial charge is 0.416 e. The lowest BCUT2D eigenvalue weighted by atomic mass is 9.79. The van der Waals surface area contributed by atoms with Crippen molar-refractivity contribution in [3.8, 4) is 0 Å². The lowest BCUT2D eigenvalue weighted by Gasteiger charge is -2.35. The predicted molar refractivity (Wildman–Crippen MR) is 123 cm³/mol.